The number of aromatic nitrogens is 4. The van der Waals surface area contributed by atoms with Crippen molar-refractivity contribution in [2.24, 2.45) is 0 Å². The summed E-state index contributed by atoms with van der Waals surface area (Å²) in [6.07, 6.45) is 3.86. The summed E-state index contributed by atoms with van der Waals surface area (Å²) in [6.45, 7) is 4.53. The number of allylic oxidation sites excluding steroid dienone is 1. The van der Waals surface area contributed by atoms with Crippen LogP contribution in [0.25, 0.3) is 27.6 Å². The van der Waals surface area contributed by atoms with Crippen LogP contribution >= 0.6 is 0 Å². The molecule has 0 bridgehead atoms. The van der Waals surface area contributed by atoms with Gasteiger partial charge in [0, 0.05) is 43.8 Å². The first kappa shape index (κ1) is 25.2. The second-order valence-corrected chi connectivity index (χ2v) is 10.7. The molecule has 1 aliphatic heterocycles. The monoisotopic (exact) mass is 544 g/mol. The van der Waals surface area contributed by atoms with Gasteiger partial charge in [-0.2, -0.15) is 4.98 Å². The highest BCUT2D eigenvalue weighted by atomic mass is 16.5. The van der Waals surface area contributed by atoms with Crippen LogP contribution < -0.4 is 20.7 Å². The SMILES string of the molecule is CN1CCN(c2nc(N)nc3cc(C(NCc4cccc(Oc5cnc6ccccc6n5)c4)=C4CC4)ccc23)CC1. The van der Waals surface area contributed by atoms with E-state index in [1.807, 2.05) is 42.5 Å². The maximum atomic E-state index is 6.18. The number of nitrogen functional groups attached to an aromatic ring is 1. The molecule has 41 heavy (non-hydrogen) atoms. The molecule has 0 spiro atoms. The summed E-state index contributed by atoms with van der Waals surface area (Å²) >= 11 is 0. The van der Waals surface area contributed by atoms with E-state index < -0.39 is 0 Å². The number of anilines is 2. The Kier molecular flexibility index (Phi) is 6.56. The summed E-state index contributed by atoms with van der Waals surface area (Å²) in [7, 11) is 2.15. The summed E-state index contributed by atoms with van der Waals surface area (Å²) in [5.41, 5.74) is 13.5. The maximum Gasteiger partial charge on any atom is 0.238 e. The van der Waals surface area contributed by atoms with Crippen LogP contribution in [-0.4, -0.2) is 58.1 Å². The van der Waals surface area contributed by atoms with Crippen molar-refractivity contribution in [1.29, 1.82) is 0 Å². The largest absolute Gasteiger partial charge is 0.437 e. The number of hydrogen-bond donors (Lipinski definition) is 2. The molecule has 1 saturated carbocycles. The Balaban J connectivity index is 1.10. The Hall–Kier alpha value is -4.76. The number of fused-ring (bicyclic) bond motifs is 2. The molecule has 9 nitrogen and oxygen atoms in total. The van der Waals surface area contributed by atoms with Crippen LogP contribution in [0.3, 0.4) is 0 Å². The second-order valence-electron chi connectivity index (χ2n) is 10.7. The van der Waals surface area contributed by atoms with Gasteiger partial charge in [0.15, 0.2) is 0 Å². The van der Waals surface area contributed by atoms with Crippen LogP contribution in [0.5, 0.6) is 11.6 Å². The van der Waals surface area contributed by atoms with Crippen LogP contribution in [0.1, 0.15) is 24.0 Å². The molecule has 0 atom stereocenters. The number of para-hydroxylation sites is 2. The highest BCUT2D eigenvalue weighted by Crippen LogP contribution is 2.37. The number of likely N-dealkylation sites (N-methyl/N-ethyl adjacent to an activating group) is 1. The quantitative estimate of drug-likeness (QED) is 0.293. The molecule has 0 radical (unpaired) electrons. The molecule has 206 valence electrons. The van der Waals surface area contributed by atoms with Crippen molar-refractivity contribution in [2.45, 2.75) is 19.4 Å². The minimum absolute atomic E-state index is 0.310. The van der Waals surface area contributed by atoms with Gasteiger partial charge >= 0.3 is 0 Å². The van der Waals surface area contributed by atoms with E-state index in [0.717, 1.165) is 89.3 Å². The van der Waals surface area contributed by atoms with Crippen molar-refractivity contribution >= 4 is 39.4 Å². The van der Waals surface area contributed by atoms with E-state index >= 15 is 0 Å². The Labute approximate surface area is 238 Å². The number of piperazine rings is 1. The smallest absolute Gasteiger partial charge is 0.238 e. The van der Waals surface area contributed by atoms with Crippen molar-refractivity contribution in [2.75, 3.05) is 43.9 Å². The van der Waals surface area contributed by atoms with E-state index in [4.69, 9.17) is 10.5 Å². The molecular weight excluding hydrogens is 512 g/mol. The van der Waals surface area contributed by atoms with Crippen molar-refractivity contribution in [3.63, 3.8) is 0 Å². The topological polar surface area (TPSA) is 105 Å². The molecule has 1 aliphatic carbocycles. The summed E-state index contributed by atoms with van der Waals surface area (Å²) in [5.74, 6) is 2.44. The lowest BCUT2D eigenvalue weighted by atomic mass is 10.1. The molecule has 1 saturated heterocycles. The molecule has 3 N–H and O–H groups in total. The van der Waals surface area contributed by atoms with Gasteiger partial charge in [-0.3, -0.25) is 0 Å². The van der Waals surface area contributed by atoms with Gasteiger partial charge < -0.3 is 25.6 Å². The van der Waals surface area contributed by atoms with Crippen LogP contribution in [0.4, 0.5) is 11.8 Å². The van der Waals surface area contributed by atoms with Gasteiger partial charge in [0.1, 0.15) is 11.6 Å². The molecule has 0 unspecified atom stereocenters. The van der Waals surface area contributed by atoms with Crippen molar-refractivity contribution in [3.05, 3.63) is 89.6 Å². The first-order chi connectivity index (χ1) is 20.1. The fraction of sp³-hybridized carbons (Fsp3) is 0.250. The van der Waals surface area contributed by atoms with E-state index in [2.05, 4.69) is 66.4 Å². The third-order valence-corrected chi connectivity index (χ3v) is 7.66. The van der Waals surface area contributed by atoms with Crippen molar-refractivity contribution in [1.82, 2.24) is 30.2 Å². The number of nitrogens with zero attached hydrogens (tertiary/aromatic N) is 6. The lowest BCUT2D eigenvalue weighted by Gasteiger charge is -2.33. The van der Waals surface area contributed by atoms with Gasteiger partial charge in [-0.15, -0.1) is 0 Å². The van der Waals surface area contributed by atoms with E-state index in [1.165, 1.54) is 5.57 Å². The zero-order valence-corrected chi connectivity index (χ0v) is 23.0. The predicted octanol–water partition coefficient (Wildman–Crippen LogP) is 4.99. The molecule has 2 aliphatic rings. The van der Waals surface area contributed by atoms with Gasteiger partial charge in [0.2, 0.25) is 11.8 Å². The van der Waals surface area contributed by atoms with Crippen LogP contribution in [0, 0.1) is 0 Å². The number of nitrogens with two attached hydrogens (primary N) is 1. The Bertz CT molecular complexity index is 1770. The molecule has 7 rings (SSSR count). The molecule has 0 amide bonds. The Morgan fingerprint density at radius 2 is 1.71 bits per heavy atom. The van der Waals surface area contributed by atoms with Gasteiger partial charge in [-0.25, -0.2) is 15.0 Å². The van der Waals surface area contributed by atoms with Crippen LogP contribution in [-0.2, 0) is 6.54 Å². The van der Waals surface area contributed by atoms with E-state index in [1.54, 1.807) is 6.20 Å². The normalized spacial score (nSPS) is 15.3. The fourth-order valence-corrected chi connectivity index (χ4v) is 5.31. The number of rotatable bonds is 7. The molecule has 5 aromatic rings. The maximum absolute atomic E-state index is 6.18. The summed E-state index contributed by atoms with van der Waals surface area (Å²) in [5, 5.41) is 4.73. The van der Waals surface area contributed by atoms with E-state index in [-0.39, 0.29) is 0 Å². The standard InChI is InChI=1S/C32H32N8O/c1-39-13-15-40(16-14-39)31-25-12-11-23(18-28(25)37-32(33)38-31)30(22-9-10-22)35-19-21-5-4-6-24(17-21)41-29-20-34-26-7-2-3-8-27(26)36-29/h2-8,11-12,17-18,20,35H,9-10,13-16,19H2,1H3,(H2,33,37,38). The fourth-order valence-electron chi connectivity index (χ4n) is 5.31. The minimum atomic E-state index is 0.310. The highest BCUT2D eigenvalue weighted by molar-refractivity contribution is 5.93. The lowest BCUT2D eigenvalue weighted by molar-refractivity contribution is 0.312. The Morgan fingerprint density at radius 1 is 0.878 bits per heavy atom. The minimum Gasteiger partial charge on any atom is -0.437 e. The second kappa shape index (κ2) is 10.7. The zero-order valence-electron chi connectivity index (χ0n) is 23.0. The summed E-state index contributed by atoms with van der Waals surface area (Å²) in [4.78, 5) is 22.9. The van der Waals surface area contributed by atoms with Crippen molar-refractivity contribution < 1.29 is 4.74 Å². The number of benzene rings is 3. The van der Waals surface area contributed by atoms with Gasteiger partial charge in [0.05, 0.1) is 22.7 Å². The van der Waals surface area contributed by atoms with Gasteiger partial charge in [-0.1, -0.05) is 30.3 Å². The third kappa shape index (κ3) is 5.49. The molecule has 2 aromatic heterocycles. The number of hydrogen-bond acceptors (Lipinski definition) is 9. The summed E-state index contributed by atoms with van der Waals surface area (Å²) in [6, 6.07) is 22.3. The average Bonchev–Trinajstić information content (AvgIpc) is 3.83. The Morgan fingerprint density at radius 3 is 2.54 bits per heavy atom. The molecule has 3 heterocycles. The predicted molar refractivity (Wildman–Crippen MR) is 163 cm³/mol. The number of ether oxygens (including phenoxy) is 1. The summed E-state index contributed by atoms with van der Waals surface area (Å²) < 4.78 is 6.06. The molecule has 2 fully saturated rings. The van der Waals surface area contributed by atoms with E-state index in [9.17, 15) is 0 Å². The first-order valence-electron chi connectivity index (χ1n) is 14.0. The van der Waals surface area contributed by atoms with Crippen LogP contribution in [0.15, 0.2) is 78.5 Å². The average molecular weight is 545 g/mol. The number of nitrogens with one attached hydrogen (secondary N) is 1. The molecular formula is C32H32N8O. The van der Waals surface area contributed by atoms with Crippen molar-refractivity contribution in [3.8, 4) is 11.6 Å². The molecule has 9 heteroatoms. The first-order valence-corrected chi connectivity index (χ1v) is 14.0. The van der Waals surface area contributed by atoms with Gasteiger partial charge in [-0.05, 0) is 73.0 Å². The lowest BCUT2D eigenvalue weighted by Crippen LogP contribution is -2.45. The van der Waals surface area contributed by atoms with Crippen LogP contribution in [0.2, 0.25) is 0 Å². The van der Waals surface area contributed by atoms with E-state index in [0.29, 0.717) is 18.4 Å². The zero-order chi connectivity index (χ0) is 27.8. The third-order valence-electron chi connectivity index (χ3n) is 7.66. The highest BCUT2D eigenvalue weighted by Gasteiger charge is 2.22. The van der Waals surface area contributed by atoms with Gasteiger partial charge in [0.25, 0.3) is 0 Å². The molecule has 3 aromatic carbocycles.